The van der Waals surface area contributed by atoms with E-state index in [0.29, 0.717) is 12.1 Å². The number of Topliss-reactive ketones (excluding diaryl/α,β-unsaturated/α-hetero) is 1. The van der Waals surface area contributed by atoms with E-state index in [-0.39, 0.29) is 12.5 Å². The summed E-state index contributed by atoms with van der Waals surface area (Å²) in [5.74, 6) is -1.50. The molecule has 1 aromatic heterocycles. The third-order valence-electron chi connectivity index (χ3n) is 4.52. The first kappa shape index (κ1) is 21.1. The Labute approximate surface area is 157 Å². The number of aliphatic hydroxyl groups is 2. The molecule has 0 radical (unpaired) electrons. The summed E-state index contributed by atoms with van der Waals surface area (Å²) in [6.07, 6.45) is 2.03. The minimum Gasteiger partial charge on any atom is -0.394 e. The standard InChI is InChI=1S/C18H27N3O6/c1-11(2)7-12(15(24)18(9-23)10-27-18)19-16(25)13(8-22)20-17(26)14-5-4-6-21(14)3/h4-6,11-13,22-23H,7-10H2,1-3H3,(H,19,25)(H,20,26). The molecule has 1 aliphatic rings. The van der Waals surface area contributed by atoms with Crippen LogP contribution in [0, 0.1) is 5.92 Å². The molecule has 1 fully saturated rings. The molecule has 9 nitrogen and oxygen atoms in total. The summed E-state index contributed by atoms with van der Waals surface area (Å²) >= 11 is 0. The van der Waals surface area contributed by atoms with Crippen LogP contribution < -0.4 is 10.6 Å². The average Bonchev–Trinajstić information content (AvgIpc) is 3.31. The summed E-state index contributed by atoms with van der Waals surface area (Å²) in [6.45, 7) is 2.83. The summed E-state index contributed by atoms with van der Waals surface area (Å²) in [6, 6.07) is 1.18. The maximum absolute atomic E-state index is 12.6. The summed E-state index contributed by atoms with van der Waals surface area (Å²) in [7, 11) is 1.68. The molecule has 0 aromatic carbocycles. The normalized spacial score (nSPS) is 20.8. The predicted octanol–water partition coefficient (Wildman–Crippen LogP) is -1.02. The second kappa shape index (κ2) is 8.64. The number of epoxide rings is 1. The Morgan fingerprint density at radius 3 is 2.37 bits per heavy atom. The highest BCUT2D eigenvalue weighted by Gasteiger charge is 2.54. The van der Waals surface area contributed by atoms with Crippen molar-refractivity contribution in [2.75, 3.05) is 19.8 Å². The van der Waals surface area contributed by atoms with Gasteiger partial charge in [0.1, 0.15) is 11.7 Å². The molecule has 0 spiro atoms. The second-order valence-corrected chi connectivity index (χ2v) is 7.21. The molecule has 1 aliphatic heterocycles. The first-order valence-corrected chi connectivity index (χ1v) is 8.86. The summed E-state index contributed by atoms with van der Waals surface area (Å²) in [5, 5.41) is 24.0. The molecule has 2 heterocycles. The molecule has 150 valence electrons. The lowest BCUT2D eigenvalue weighted by atomic mass is 9.92. The fourth-order valence-corrected chi connectivity index (χ4v) is 2.81. The van der Waals surface area contributed by atoms with E-state index in [9.17, 15) is 24.6 Å². The lowest BCUT2D eigenvalue weighted by Crippen LogP contribution is -2.55. The molecule has 27 heavy (non-hydrogen) atoms. The molecule has 0 aliphatic carbocycles. The fraction of sp³-hybridized carbons (Fsp3) is 0.611. The lowest BCUT2D eigenvalue weighted by molar-refractivity contribution is -0.133. The average molecular weight is 381 g/mol. The maximum atomic E-state index is 12.6. The van der Waals surface area contributed by atoms with Crippen LogP contribution in [0.1, 0.15) is 30.8 Å². The van der Waals surface area contributed by atoms with Crippen molar-refractivity contribution in [2.45, 2.75) is 38.0 Å². The van der Waals surface area contributed by atoms with Crippen molar-refractivity contribution in [3.8, 4) is 0 Å². The van der Waals surface area contributed by atoms with Crippen molar-refractivity contribution < 1.29 is 29.3 Å². The van der Waals surface area contributed by atoms with Gasteiger partial charge in [0.25, 0.3) is 5.91 Å². The van der Waals surface area contributed by atoms with E-state index < -0.39 is 48.5 Å². The molecule has 2 rings (SSSR count). The number of aromatic nitrogens is 1. The van der Waals surface area contributed by atoms with Crippen LogP contribution in [0.2, 0.25) is 0 Å². The number of nitrogens with one attached hydrogen (secondary N) is 2. The third-order valence-corrected chi connectivity index (χ3v) is 4.52. The van der Waals surface area contributed by atoms with Crippen molar-refractivity contribution in [1.29, 1.82) is 0 Å². The number of hydrogen-bond acceptors (Lipinski definition) is 6. The van der Waals surface area contributed by atoms with Crippen LogP contribution in [0.25, 0.3) is 0 Å². The van der Waals surface area contributed by atoms with Crippen LogP contribution in [0.3, 0.4) is 0 Å². The number of amides is 2. The van der Waals surface area contributed by atoms with Crippen molar-refractivity contribution in [1.82, 2.24) is 15.2 Å². The van der Waals surface area contributed by atoms with Crippen LogP contribution in [0.4, 0.5) is 0 Å². The highest BCUT2D eigenvalue weighted by atomic mass is 16.6. The molecular weight excluding hydrogens is 354 g/mol. The number of nitrogens with zero attached hydrogens (tertiary/aromatic N) is 1. The lowest BCUT2D eigenvalue weighted by Gasteiger charge is -2.24. The molecule has 4 N–H and O–H groups in total. The molecule has 1 saturated heterocycles. The van der Waals surface area contributed by atoms with E-state index in [1.54, 1.807) is 29.9 Å². The Morgan fingerprint density at radius 1 is 1.26 bits per heavy atom. The Kier molecular flexibility index (Phi) is 6.74. The molecule has 3 atom stereocenters. The molecule has 3 unspecified atom stereocenters. The van der Waals surface area contributed by atoms with Gasteiger partial charge < -0.3 is 30.2 Å². The van der Waals surface area contributed by atoms with Crippen LogP contribution >= 0.6 is 0 Å². The first-order valence-electron chi connectivity index (χ1n) is 8.86. The minimum absolute atomic E-state index is 0.0966. The minimum atomic E-state index is -1.26. The Morgan fingerprint density at radius 2 is 1.93 bits per heavy atom. The van der Waals surface area contributed by atoms with Gasteiger partial charge in [-0.15, -0.1) is 0 Å². The van der Waals surface area contributed by atoms with Gasteiger partial charge >= 0.3 is 0 Å². The summed E-state index contributed by atoms with van der Waals surface area (Å²) in [5.41, 5.74) is -0.921. The largest absolute Gasteiger partial charge is 0.394 e. The second-order valence-electron chi connectivity index (χ2n) is 7.21. The first-order chi connectivity index (χ1) is 12.7. The van der Waals surface area contributed by atoms with E-state index >= 15 is 0 Å². The van der Waals surface area contributed by atoms with E-state index in [0.717, 1.165) is 0 Å². The number of aliphatic hydroxyl groups excluding tert-OH is 2. The predicted molar refractivity (Wildman–Crippen MR) is 95.9 cm³/mol. The third kappa shape index (κ3) is 4.94. The number of rotatable bonds is 10. The molecule has 2 amide bonds. The Bertz CT molecular complexity index is 695. The highest BCUT2D eigenvalue weighted by Crippen LogP contribution is 2.30. The summed E-state index contributed by atoms with van der Waals surface area (Å²) in [4.78, 5) is 37.5. The zero-order valence-electron chi connectivity index (χ0n) is 15.8. The van der Waals surface area contributed by atoms with Crippen LogP contribution in [0.5, 0.6) is 0 Å². The maximum Gasteiger partial charge on any atom is 0.268 e. The summed E-state index contributed by atoms with van der Waals surface area (Å²) < 4.78 is 6.68. The fourth-order valence-electron chi connectivity index (χ4n) is 2.81. The van der Waals surface area contributed by atoms with E-state index in [1.165, 1.54) is 0 Å². The van der Waals surface area contributed by atoms with Crippen LogP contribution in [-0.2, 0) is 21.4 Å². The monoisotopic (exact) mass is 381 g/mol. The van der Waals surface area contributed by atoms with Gasteiger partial charge in [-0.1, -0.05) is 13.8 Å². The smallest absolute Gasteiger partial charge is 0.268 e. The Hall–Kier alpha value is -2.23. The van der Waals surface area contributed by atoms with E-state index in [1.807, 2.05) is 13.8 Å². The number of carbonyl (C=O) groups excluding carboxylic acids is 3. The number of ether oxygens (including phenoxy) is 1. The molecular formula is C18H27N3O6. The number of ketones is 1. The highest BCUT2D eigenvalue weighted by molar-refractivity contribution is 5.99. The van der Waals surface area contributed by atoms with Gasteiger partial charge in [-0.05, 0) is 24.5 Å². The zero-order valence-corrected chi connectivity index (χ0v) is 15.8. The SMILES string of the molecule is CC(C)CC(NC(=O)C(CO)NC(=O)c1cccn1C)C(=O)C1(CO)CO1. The number of carbonyl (C=O) groups is 3. The number of aryl methyl sites for hydroxylation is 1. The van der Waals surface area contributed by atoms with Crippen LogP contribution in [0.15, 0.2) is 18.3 Å². The van der Waals surface area contributed by atoms with Gasteiger partial charge in [-0.25, -0.2) is 0 Å². The van der Waals surface area contributed by atoms with Gasteiger partial charge in [-0.2, -0.15) is 0 Å². The van der Waals surface area contributed by atoms with Gasteiger partial charge in [0, 0.05) is 13.2 Å². The number of hydrogen-bond donors (Lipinski definition) is 4. The Balaban J connectivity index is 2.06. The van der Waals surface area contributed by atoms with Crippen molar-refractivity contribution in [3.63, 3.8) is 0 Å². The van der Waals surface area contributed by atoms with Gasteiger partial charge in [-0.3, -0.25) is 14.4 Å². The molecule has 1 aromatic rings. The van der Waals surface area contributed by atoms with E-state index in [2.05, 4.69) is 10.6 Å². The van der Waals surface area contributed by atoms with Gasteiger partial charge in [0.15, 0.2) is 11.4 Å². The van der Waals surface area contributed by atoms with Gasteiger partial charge in [0.05, 0.1) is 25.9 Å². The van der Waals surface area contributed by atoms with Crippen molar-refractivity contribution in [2.24, 2.45) is 13.0 Å². The van der Waals surface area contributed by atoms with Gasteiger partial charge in [0.2, 0.25) is 5.91 Å². The zero-order chi connectivity index (χ0) is 20.2. The van der Waals surface area contributed by atoms with Crippen molar-refractivity contribution in [3.05, 3.63) is 24.0 Å². The molecule has 0 saturated carbocycles. The molecule has 0 bridgehead atoms. The van der Waals surface area contributed by atoms with Crippen molar-refractivity contribution >= 4 is 17.6 Å². The molecule has 9 heteroatoms. The quantitative estimate of drug-likeness (QED) is 0.383. The topological polar surface area (TPSA) is 133 Å². The van der Waals surface area contributed by atoms with E-state index in [4.69, 9.17) is 4.74 Å². The van der Waals surface area contributed by atoms with Crippen LogP contribution in [-0.4, -0.2) is 69.9 Å².